The number of nitrogens with two attached hydrogens (primary N) is 1. The van der Waals surface area contributed by atoms with Crippen LogP contribution in [0.25, 0.3) is 17.0 Å². The maximum atomic E-state index is 6.17. The number of nitrogens with zero attached hydrogens (tertiary/aromatic N) is 1. The zero-order valence-electron chi connectivity index (χ0n) is 15.1. The van der Waals surface area contributed by atoms with E-state index in [1.807, 2.05) is 18.2 Å². The van der Waals surface area contributed by atoms with Crippen molar-refractivity contribution in [2.45, 2.75) is 37.6 Å². The molecule has 0 radical (unpaired) electrons. The second kappa shape index (κ2) is 6.96. The van der Waals surface area contributed by atoms with E-state index < -0.39 is 0 Å². The first kappa shape index (κ1) is 16.7. The Morgan fingerprint density at radius 2 is 2.15 bits per heavy atom. The molecule has 1 fully saturated rings. The molecule has 3 atom stereocenters. The fraction of sp³-hybridized carbons (Fsp3) is 0.381. The lowest BCUT2D eigenvalue weighted by Crippen LogP contribution is -2.42. The van der Waals surface area contributed by atoms with Gasteiger partial charge < -0.3 is 24.7 Å². The molecule has 2 aromatic heterocycles. The highest BCUT2D eigenvalue weighted by Gasteiger charge is 2.38. The average molecular weight is 365 g/mol. The number of H-pyrrole nitrogens is 1. The van der Waals surface area contributed by atoms with E-state index in [4.69, 9.17) is 19.7 Å². The summed E-state index contributed by atoms with van der Waals surface area (Å²) in [5, 5.41) is 5.52. The SMILES string of the molecule is NCC1COC2C=Cc3noc(CCCc4c[nH]c5ccccc45)c3C2O1. The van der Waals surface area contributed by atoms with Gasteiger partial charge in [-0.3, -0.25) is 0 Å². The van der Waals surface area contributed by atoms with Crippen LogP contribution < -0.4 is 5.73 Å². The van der Waals surface area contributed by atoms with Gasteiger partial charge in [-0.2, -0.15) is 0 Å². The lowest BCUT2D eigenvalue weighted by atomic mass is 9.93. The number of aromatic nitrogens is 2. The first-order valence-electron chi connectivity index (χ1n) is 9.52. The van der Waals surface area contributed by atoms with Crippen molar-refractivity contribution in [3.05, 3.63) is 59.1 Å². The third-order valence-electron chi connectivity index (χ3n) is 5.46. The topological polar surface area (TPSA) is 86.3 Å². The zero-order valence-corrected chi connectivity index (χ0v) is 15.1. The van der Waals surface area contributed by atoms with Gasteiger partial charge >= 0.3 is 0 Å². The second-order valence-corrected chi connectivity index (χ2v) is 7.19. The van der Waals surface area contributed by atoms with E-state index in [-0.39, 0.29) is 18.3 Å². The van der Waals surface area contributed by atoms with Gasteiger partial charge in [-0.1, -0.05) is 29.4 Å². The molecule has 3 unspecified atom stereocenters. The molecule has 0 saturated carbocycles. The van der Waals surface area contributed by atoms with Crippen LogP contribution in [0.3, 0.4) is 0 Å². The third kappa shape index (κ3) is 3.00. The Kier molecular flexibility index (Phi) is 4.32. The molecule has 2 aliphatic rings. The van der Waals surface area contributed by atoms with Gasteiger partial charge in [0.25, 0.3) is 0 Å². The van der Waals surface area contributed by atoms with E-state index in [1.54, 1.807) is 0 Å². The normalized spacial score (nSPS) is 24.1. The molecule has 1 saturated heterocycles. The van der Waals surface area contributed by atoms with E-state index in [2.05, 4.69) is 34.5 Å². The number of rotatable bonds is 5. The van der Waals surface area contributed by atoms with E-state index in [9.17, 15) is 0 Å². The van der Waals surface area contributed by atoms with Crippen LogP contribution in [0.1, 0.15) is 35.1 Å². The van der Waals surface area contributed by atoms with Gasteiger partial charge in [0.1, 0.15) is 23.7 Å². The second-order valence-electron chi connectivity index (χ2n) is 7.19. The molecule has 1 aliphatic carbocycles. The molecule has 6 heteroatoms. The van der Waals surface area contributed by atoms with Crippen molar-refractivity contribution in [3.63, 3.8) is 0 Å². The maximum Gasteiger partial charge on any atom is 0.143 e. The van der Waals surface area contributed by atoms with E-state index in [0.717, 1.165) is 36.3 Å². The minimum Gasteiger partial charge on any atom is -0.368 e. The number of nitrogens with one attached hydrogen (secondary N) is 1. The average Bonchev–Trinajstić information content (AvgIpc) is 3.32. The van der Waals surface area contributed by atoms with Crippen LogP contribution in [0.5, 0.6) is 0 Å². The van der Waals surface area contributed by atoms with Crippen molar-refractivity contribution in [2.24, 2.45) is 5.73 Å². The van der Waals surface area contributed by atoms with Crippen molar-refractivity contribution >= 4 is 17.0 Å². The molecule has 6 nitrogen and oxygen atoms in total. The van der Waals surface area contributed by atoms with Crippen LogP contribution in [0.15, 0.2) is 41.1 Å². The first-order valence-corrected chi connectivity index (χ1v) is 9.52. The lowest BCUT2D eigenvalue weighted by Gasteiger charge is -2.36. The molecule has 0 spiro atoms. The lowest BCUT2D eigenvalue weighted by molar-refractivity contribution is -0.165. The van der Waals surface area contributed by atoms with Crippen molar-refractivity contribution in [3.8, 4) is 0 Å². The fourth-order valence-electron chi connectivity index (χ4n) is 4.06. The molecule has 1 aliphatic heterocycles. The van der Waals surface area contributed by atoms with Gasteiger partial charge in [-0.15, -0.1) is 0 Å². The summed E-state index contributed by atoms with van der Waals surface area (Å²) in [6.07, 6.45) is 8.48. The van der Waals surface area contributed by atoms with Crippen molar-refractivity contribution < 1.29 is 14.0 Å². The highest BCUT2D eigenvalue weighted by atomic mass is 16.6. The van der Waals surface area contributed by atoms with Gasteiger partial charge in [-0.25, -0.2) is 0 Å². The molecule has 27 heavy (non-hydrogen) atoms. The summed E-state index contributed by atoms with van der Waals surface area (Å²) in [7, 11) is 0. The standard InChI is InChI=1S/C21H23N3O3/c22-10-14-12-25-19-9-8-17-20(21(19)26-14)18(27-24-17)7-3-4-13-11-23-16-6-2-1-5-15(13)16/h1-2,5-6,8-9,11,14,19,21,23H,3-4,7,10,12,22H2. The summed E-state index contributed by atoms with van der Waals surface area (Å²) in [6, 6.07) is 8.39. The van der Waals surface area contributed by atoms with Gasteiger partial charge in [0, 0.05) is 30.1 Å². The quantitative estimate of drug-likeness (QED) is 0.725. The smallest absolute Gasteiger partial charge is 0.143 e. The van der Waals surface area contributed by atoms with Gasteiger partial charge in [0.15, 0.2) is 0 Å². The monoisotopic (exact) mass is 365 g/mol. The minimum atomic E-state index is -0.179. The molecule has 3 aromatic rings. The Bertz CT molecular complexity index is 974. The minimum absolute atomic E-state index is 0.0837. The summed E-state index contributed by atoms with van der Waals surface area (Å²) in [4.78, 5) is 3.34. The van der Waals surface area contributed by atoms with Crippen LogP contribution in [0.2, 0.25) is 0 Å². The number of aromatic amines is 1. The maximum absolute atomic E-state index is 6.17. The number of benzene rings is 1. The Hall–Kier alpha value is -2.41. The van der Waals surface area contributed by atoms with E-state index in [1.165, 1.54) is 16.5 Å². The van der Waals surface area contributed by atoms with Crippen molar-refractivity contribution in [2.75, 3.05) is 13.2 Å². The van der Waals surface area contributed by atoms with Crippen molar-refractivity contribution in [1.82, 2.24) is 10.1 Å². The molecule has 0 amide bonds. The molecule has 5 rings (SSSR count). The fourth-order valence-corrected chi connectivity index (χ4v) is 4.06. The van der Waals surface area contributed by atoms with Crippen LogP contribution in [-0.4, -0.2) is 35.5 Å². The molecule has 140 valence electrons. The Labute approximate surface area is 157 Å². The predicted molar refractivity (Wildman–Crippen MR) is 102 cm³/mol. The number of fused-ring (bicyclic) bond motifs is 4. The van der Waals surface area contributed by atoms with Gasteiger partial charge in [-0.05, 0) is 30.5 Å². The molecular weight excluding hydrogens is 342 g/mol. The summed E-state index contributed by atoms with van der Waals surface area (Å²) in [5.74, 6) is 0.894. The summed E-state index contributed by atoms with van der Waals surface area (Å²) in [6.45, 7) is 0.974. The molecule has 1 aromatic carbocycles. The first-order chi connectivity index (χ1) is 13.3. The van der Waals surface area contributed by atoms with E-state index in [0.29, 0.717) is 13.2 Å². The molecule has 0 bridgehead atoms. The Morgan fingerprint density at radius 1 is 1.22 bits per heavy atom. The number of aryl methyl sites for hydroxylation is 2. The number of ether oxygens (including phenoxy) is 2. The Morgan fingerprint density at radius 3 is 3.07 bits per heavy atom. The van der Waals surface area contributed by atoms with Crippen LogP contribution in [-0.2, 0) is 22.3 Å². The van der Waals surface area contributed by atoms with Gasteiger partial charge in [0.2, 0.25) is 0 Å². The largest absolute Gasteiger partial charge is 0.368 e. The van der Waals surface area contributed by atoms with Gasteiger partial charge in [0.05, 0.1) is 18.3 Å². The van der Waals surface area contributed by atoms with E-state index >= 15 is 0 Å². The number of para-hydroxylation sites is 1. The van der Waals surface area contributed by atoms with Crippen LogP contribution >= 0.6 is 0 Å². The molecular formula is C21H23N3O3. The third-order valence-corrected chi connectivity index (χ3v) is 5.46. The molecule has 3 heterocycles. The summed E-state index contributed by atoms with van der Waals surface area (Å²) < 4.78 is 17.7. The zero-order chi connectivity index (χ0) is 18.2. The van der Waals surface area contributed by atoms with Crippen molar-refractivity contribution in [1.29, 1.82) is 0 Å². The highest BCUT2D eigenvalue weighted by molar-refractivity contribution is 5.83. The number of hydrogen-bond acceptors (Lipinski definition) is 5. The van der Waals surface area contributed by atoms with Crippen LogP contribution in [0.4, 0.5) is 0 Å². The molecule has 3 N–H and O–H groups in total. The highest BCUT2D eigenvalue weighted by Crippen LogP contribution is 2.38. The van der Waals surface area contributed by atoms with Crippen LogP contribution in [0, 0.1) is 0 Å². The summed E-state index contributed by atoms with van der Waals surface area (Å²) >= 11 is 0. The predicted octanol–water partition coefficient (Wildman–Crippen LogP) is 3.14. The Balaban J connectivity index is 1.32. The number of hydrogen-bond donors (Lipinski definition) is 2. The summed E-state index contributed by atoms with van der Waals surface area (Å²) in [5.41, 5.74) is 10.2.